The standard InChI is InChI=1S/C21H18F6N4O4/c1-11-7-12(3-4-14(11)18(34)28-6-5-13(33)10-32)15-9-19(35-30-15,21(25,26)27)17-8-16(20(22,23)24)29-31(17)2/h3-4,7-8,10H,5-6,9H2,1-2H3,(H,28,34). The van der Waals surface area contributed by atoms with Gasteiger partial charge in [0, 0.05) is 25.6 Å². The summed E-state index contributed by atoms with van der Waals surface area (Å²) in [6, 6.07) is 4.30. The molecule has 14 heteroatoms. The Hall–Kier alpha value is -3.71. The highest BCUT2D eigenvalue weighted by Gasteiger charge is 2.64. The minimum absolute atomic E-state index is 0.0864. The van der Waals surface area contributed by atoms with Gasteiger partial charge < -0.3 is 10.2 Å². The molecule has 1 aliphatic heterocycles. The van der Waals surface area contributed by atoms with E-state index in [-0.39, 0.29) is 42.2 Å². The fourth-order valence-corrected chi connectivity index (χ4v) is 3.56. The van der Waals surface area contributed by atoms with E-state index in [1.807, 2.05) is 0 Å². The smallest absolute Gasteiger partial charge is 0.372 e. The highest BCUT2D eigenvalue weighted by atomic mass is 19.4. The van der Waals surface area contributed by atoms with Crippen molar-refractivity contribution in [2.75, 3.05) is 6.54 Å². The third-order valence-corrected chi connectivity index (χ3v) is 5.36. The molecule has 0 bridgehead atoms. The molecule has 1 atom stereocenters. The van der Waals surface area contributed by atoms with Gasteiger partial charge in [-0.25, -0.2) is 0 Å². The van der Waals surface area contributed by atoms with Crippen molar-refractivity contribution < 1.29 is 45.6 Å². The molecule has 0 fully saturated rings. The van der Waals surface area contributed by atoms with Gasteiger partial charge in [0.25, 0.3) is 11.5 Å². The molecular formula is C21H18F6N4O4. The molecule has 0 aliphatic carbocycles. The first-order valence-corrected chi connectivity index (χ1v) is 10.0. The molecule has 1 N–H and O–H groups in total. The summed E-state index contributed by atoms with van der Waals surface area (Å²) in [6.07, 6.45) is -11.1. The predicted molar refractivity (Wildman–Crippen MR) is 107 cm³/mol. The van der Waals surface area contributed by atoms with Gasteiger partial charge in [-0.15, -0.1) is 0 Å². The van der Waals surface area contributed by atoms with E-state index < -0.39 is 47.5 Å². The van der Waals surface area contributed by atoms with Crippen molar-refractivity contribution >= 4 is 23.7 Å². The van der Waals surface area contributed by atoms with E-state index in [1.54, 1.807) is 0 Å². The molecule has 2 heterocycles. The maximum Gasteiger partial charge on any atom is 0.437 e. The van der Waals surface area contributed by atoms with Crippen LogP contribution >= 0.6 is 0 Å². The number of oxime groups is 1. The minimum Gasteiger partial charge on any atom is -0.372 e. The van der Waals surface area contributed by atoms with Crippen LogP contribution in [0, 0.1) is 6.92 Å². The fraction of sp³-hybridized carbons (Fsp3) is 0.381. The zero-order chi connectivity index (χ0) is 26.2. The van der Waals surface area contributed by atoms with Crippen LogP contribution < -0.4 is 5.32 Å². The number of aldehydes is 1. The summed E-state index contributed by atoms with van der Waals surface area (Å²) >= 11 is 0. The van der Waals surface area contributed by atoms with Crippen molar-refractivity contribution in [2.45, 2.75) is 37.7 Å². The van der Waals surface area contributed by atoms with Gasteiger partial charge in [0.2, 0.25) is 0 Å². The van der Waals surface area contributed by atoms with E-state index in [2.05, 4.69) is 15.6 Å². The molecular weight excluding hydrogens is 486 g/mol. The average Bonchev–Trinajstić information content (AvgIpc) is 3.38. The molecule has 1 unspecified atom stereocenters. The molecule has 1 aromatic heterocycles. The van der Waals surface area contributed by atoms with Gasteiger partial charge in [-0.3, -0.25) is 19.1 Å². The van der Waals surface area contributed by atoms with Gasteiger partial charge in [-0.2, -0.15) is 31.4 Å². The number of nitrogens with one attached hydrogen (secondary N) is 1. The molecule has 35 heavy (non-hydrogen) atoms. The van der Waals surface area contributed by atoms with E-state index in [4.69, 9.17) is 4.84 Å². The Morgan fingerprint density at radius 2 is 1.89 bits per heavy atom. The summed E-state index contributed by atoms with van der Waals surface area (Å²) in [4.78, 5) is 38.4. The van der Waals surface area contributed by atoms with Gasteiger partial charge in [0.1, 0.15) is 0 Å². The zero-order valence-electron chi connectivity index (χ0n) is 18.3. The normalized spacial score (nSPS) is 18.1. The number of hydrogen-bond acceptors (Lipinski definition) is 6. The van der Waals surface area contributed by atoms with Crippen LogP contribution in [-0.4, -0.2) is 46.2 Å². The largest absolute Gasteiger partial charge is 0.437 e. The number of alkyl halides is 6. The monoisotopic (exact) mass is 504 g/mol. The molecule has 1 aliphatic rings. The lowest BCUT2D eigenvalue weighted by molar-refractivity contribution is -0.278. The van der Waals surface area contributed by atoms with Crippen molar-refractivity contribution in [1.82, 2.24) is 15.1 Å². The third-order valence-electron chi connectivity index (χ3n) is 5.36. The first-order chi connectivity index (χ1) is 16.2. The van der Waals surface area contributed by atoms with Crippen LogP contribution in [0.15, 0.2) is 29.4 Å². The summed E-state index contributed by atoms with van der Waals surface area (Å²) in [7, 11) is 0.944. The number of Topliss-reactive ketones (excluding diaryl/α,β-unsaturated/α-hetero) is 1. The Kier molecular flexibility index (Phi) is 6.77. The van der Waals surface area contributed by atoms with Crippen LogP contribution in [0.5, 0.6) is 0 Å². The van der Waals surface area contributed by atoms with Crippen molar-refractivity contribution in [3.05, 3.63) is 52.3 Å². The molecule has 1 aromatic carbocycles. The van der Waals surface area contributed by atoms with Crippen molar-refractivity contribution in [3.63, 3.8) is 0 Å². The number of benzene rings is 1. The van der Waals surface area contributed by atoms with Crippen molar-refractivity contribution in [1.29, 1.82) is 0 Å². The Balaban J connectivity index is 1.86. The summed E-state index contributed by atoms with van der Waals surface area (Å²) in [5, 5.41) is 9.10. The van der Waals surface area contributed by atoms with Gasteiger partial charge in [0.15, 0.2) is 17.8 Å². The molecule has 2 aromatic rings. The van der Waals surface area contributed by atoms with E-state index >= 15 is 0 Å². The number of aryl methyl sites for hydroxylation is 2. The number of amides is 1. The molecule has 0 spiro atoms. The van der Waals surface area contributed by atoms with Crippen LogP contribution in [0.1, 0.15) is 45.7 Å². The second-order valence-corrected chi connectivity index (χ2v) is 7.79. The Morgan fingerprint density at radius 3 is 2.43 bits per heavy atom. The summed E-state index contributed by atoms with van der Waals surface area (Å²) < 4.78 is 81.9. The van der Waals surface area contributed by atoms with Gasteiger partial charge in [0.05, 0.1) is 17.8 Å². The zero-order valence-corrected chi connectivity index (χ0v) is 18.3. The number of carbonyl (C=O) groups is 3. The average molecular weight is 504 g/mol. The van der Waals surface area contributed by atoms with Crippen LogP contribution in [-0.2, 0) is 33.3 Å². The van der Waals surface area contributed by atoms with Gasteiger partial charge in [-0.05, 0) is 36.2 Å². The minimum atomic E-state index is -5.14. The van der Waals surface area contributed by atoms with E-state index in [9.17, 15) is 40.7 Å². The van der Waals surface area contributed by atoms with Gasteiger partial charge >= 0.3 is 12.4 Å². The van der Waals surface area contributed by atoms with Crippen molar-refractivity contribution in [3.8, 4) is 0 Å². The highest BCUT2D eigenvalue weighted by molar-refractivity contribution is 6.25. The van der Waals surface area contributed by atoms with Crippen LogP contribution in [0.25, 0.3) is 0 Å². The molecule has 188 valence electrons. The molecule has 0 saturated heterocycles. The second kappa shape index (κ2) is 9.15. The number of hydrogen-bond donors (Lipinski definition) is 1. The summed E-state index contributed by atoms with van der Waals surface area (Å²) in [6.45, 7) is 1.43. The maximum absolute atomic E-state index is 14.1. The quantitative estimate of drug-likeness (QED) is 0.355. The topological polar surface area (TPSA) is 103 Å². The van der Waals surface area contributed by atoms with E-state index in [1.165, 1.54) is 25.1 Å². The van der Waals surface area contributed by atoms with Gasteiger partial charge in [-0.1, -0.05) is 11.2 Å². The number of nitrogens with zero attached hydrogens (tertiary/aromatic N) is 3. The SMILES string of the molecule is Cc1cc(C2=NOC(c3cc(C(F)(F)F)nn3C)(C(F)(F)F)C2)ccc1C(=O)NCCC(=O)C=O. The maximum atomic E-state index is 14.1. The first-order valence-electron chi connectivity index (χ1n) is 10.0. The highest BCUT2D eigenvalue weighted by Crippen LogP contribution is 2.49. The van der Waals surface area contributed by atoms with Crippen LogP contribution in [0.2, 0.25) is 0 Å². The Bertz CT molecular complexity index is 1200. The summed E-state index contributed by atoms with van der Waals surface area (Å²) in [5.74, 6) is -1.27. The molecule has 0 saturated carbocycles. The number of rotatable bonds is 7. The molecule has 3 rings (SSSR count). The van der Waals surface area contributed by atoms with Crippen molar-refractivity contribution in [2.24, 2.45) is 12.2 Å². The number of ketones is 1. The lowest BCUT2D eigenvalue weighted by Crippen LogP contribution is -2.44. The third kappa shape index (κ3) is 5.05. The van der Waals surface area contributed by atoms with Crippen LogP contribution in [0.4, 0.5) is 26.3 Å². The fourth-order valence-electron chi connectivity index (χ4n) is 3.56. The second-order valence-electron chi connectivity index (χ2n) is 7.79. The number of aromatic nitrogens is 2. The van der Waals surface area contributed by atoms with E-state index in [0.717, 1.165) is 7.05 Å². The molecule has 0 radical (unpaired) electrons. The Morgan fingerprint density at radius 1 is 1.20 bits per heavy atom. The lowest BCUT2D eigenvalue weighted by Gasteiger charge is -2.28. The molecule has 8 nitrogen and oxygen atoms in total. The lowest BCUT2D eigenvalue weighted by atomic mass is 9.89. The summed E-state index contributed by atoms with van der Waals surface area (Å²) in [5.41, 5.74) is -5.07. The number of halogens is 6. The predicted octanol–water partition coefficient (Wildman–Crippen LogP) is 3.22. The number of carbonyl (C=O) groups excluding carboxylic acids is 3. The molecule has 1 amide bonds. The Labute approximate surface area is 193 Å². The first kappa shape index (κ1) is 25.9. The van der Waals surface area contributed by atoms with E-state index in [0.29, 0.717) is 10.2 Å². The van der Waals surface area contributed by atoms with Crippen LogP contribution in [0.3, 0.4) is 0 Å².